The van der Waals surface area contributed by atoms with Crippen molar-refractivity contribution in [3.05, 3.63) is 11.9 Å². The largest absolute Gasteiger partial charge is 0.476 e. The van der Waals surface area contributed by atoms with E-state index >= 15 is 0 Å². The molecule has 0 bridgehead atoms. The number of aromatic nitrogens is 2. The van der Waals surface area contributed by atoms with Crippen LogP contribution < -0.4 is 9.64 Å². The van der Waals surface area contributed by atoms with Crippen LogP contribution in [0.2, 0.25) is 0 Å². The maximum absolute atomic E-state index is 11.1. The number of carboxylic acids is 1. The van der Waals surface area contributed by atoms with Crippen molar-refractivity contribution in [2.45, 2.75) is 32.1 Å². The molecule has 1 aromatic rings. The van der Waals surface area contributed by atoms with E-state index in [4.69, 9.17) is 9.84 Å². The highest BCUT2D eigenvalue weighted by molar-refractivity contribution is 5.85. The Morgan fingerprint density at radius 3 is 2.75 bits per heavy atom. The monoisotopic (exact) mass is 277 g/mol. The molecule has 1 aromatic heterocycles. The minimum atomic E-state index is -1.05. The second kappa shape index (κ2) is 5.64. The quantitative estimate of drug-likeness (QED) is 0.886. The molecular formula is C14H19N3O3. The summed E-state index contributed by atoms with van der Waals surface area (Å²) < 4.78 is 5.74. The summed E-state index contributed by atoms with van der Waals surface area (Å²) in [5, 5.41) is 9.06. The summed E-state index contributed by atoms with van der Waals surface area (Å²) in [5.41, 5.74) is -0.0238. The number of ether oxygens (including phenoxy) is 1. The molecule has 0 spiro atoms. The van der Waals surface area contributed by atoms with Crippen LogP contribution in [-0.4, -0.2) is 40.7 Å². The fraction of sp³-hybridized carbons (Fsp3) is 0.643. The van der Waals surface area contributed by atoms with Crippen molar-refractivity contribution in [2.24, 2.45) is 5.92 Å². The third kappa shape index (κ3) is 3.00. The van der Waals surface area contributed by atoms with Crippen LogP contribution in [0.25, 0.3) is 0 Å². The molecule has 20 heavy (non-hydrogen) atoms. The van der Waals surface area contributed by atoms with E-state index in [2.05, 4.69) is 14.9 Å². The maximum atomic E-state index is 11.1. The zero-order chi connectivity index (χ0) is 13.9. The van der Waals surface area contributed by atoms with Gasteiger partial charge in [0, 0.05) is 13.1 Å². The lowest BCUT2D eigenvalue weighted by atomic mass is 10.1. The molecule has 1 aliphatic carbocycles. The fourth-order valence-corrected chi connectivity index (χ4v) is 2.37. The standard InChI is InChI=1S/C14H19N3O3/c18-14(19)11-8-15-13(20-9-10-4-5-10)12(16-11)17-6-2-1-3-7-17/h8,10H,1-7,9H2,(H,18,19). The highest BCUT2D eigenvalue weighted by Crippen LogP contribution is 2.32. The van der Waals surface area contributed by atoms with Gasteiger partial charge < -0.3 is 14.7 Å². The molecule has 0 atom stereocenters. The normalized spacial score (nSPS) is 18.9. The third-order valence-electron chi connectivity index (χ3n) is 3.75. The van der Waals surface area contributed by atoms with Crippen LogP contribution in [0.3, 0.4) is 0 Å². The predicted molar refractivity (Wildman–Crippen MR) is 73.3 cm³/mol. The van der Waals surface area contributed by atoms with Gasteiger partial charge in [0.1, 0.15) is 0 Å². The Balaban J connectivity index is 1.83. The van der Waals surface area contributed by atoms with Gasteiger partial charge in [-0.25, -0.2) is 14.8 Å². The molecule has 1 aliphatic heterocycles. The zero-order valence-corrected chi connectivity index (χ0v) is 11.4. The molecule has 1 saturated carbocycles. The first-order valence-electron chi connectivity index (χ1n) is 7.22. The number of carboxylic acid groups (broad SMARTS) is 1. The van der Waals surface area contributed by atoms with Crippen LogP contribution in [0, 0.1) is 5.92 Å². The van der Waals surface area contributed by atoms with Gasteiger partial charge in [0.2, 0.25) is 0 Å². The minimum absolute atomic E-state index is 0.0238. The number of rotatable bonds is 5. The smallest absolute Gasteiger partial charge is 0.356 e. The molecule has 1 N–H and O–H groups in total. The number of carbonyl (C=O) groups is 1. The van der Waals surface area contributed by atoms with Gasteiger partial charge in [-0.3, -0.25) is 0 Å². The minimum Gasteiger partial charge on any atom is -0.476 e. The number of nitrogens with zero attached hydrogens (tertiary/aromatic N) is 3. The average Bonchev–Trinajstić information content (AvgIpc) is 3.30. The second-order valence-electron chi connectivity index (χ2n) is 5.49. The van der Waals surface area contributed by atoms with E-state index < -0.39 is 5.97 Å². The first-order valence-corrected chi connectivity index (χ1v) is 7.22. The third-order valence-corrected chi connectivity index (χ3v) is 3.75. The molecule has 2 fully saturated rings. The van der Waals surface area contributed by atoms with Crippen molar-refractivity contribution in [2.75, 3.05) is 24.6 Å². The van der Waals surface area contributed by atoms with E-state index in [9.17, 15) is 4.79 Å². The van der Waals surface area contributed by atoms with Gasteiger partial charge in [0.15, 0.2) is 11.5 Å². The Bertz CT molecular complexity index is 496. The Morgan fingerprint density at radius 2 is 2.10 bits per heavy atom. The number of anilines is 1. The van der Waals surface area contributed by atoms with E-state index in [0.29, 0.717) is 24.2 Å². The van der Waals surface area contributed by atoms with Gasteiger partial charge in [-0.05, 0) is 38.0 Å². The van der Waals surface area contributed by atoms with E-state index in [1.54, 1.807) is 0 Å². The Morgan fingerprint density at radius 1 is 1.35 bits per heavy atom. The number of hydrogen-bond donors (Lipinski definition) is 1. The maximum Gasteiger partial charge on any atom is 0.356 e. The highest BCUT2D eigenvalue weighted by atomic mass is 16.5. The molecule has 6 nitrogen and oxygen atoms in total. The molecule has 0 aromatic carbocycles. The van der Waals surface area contributed by atoms with E-state index in [-0.39, 0.29) is 5.69 Å². The SMILES string of the molecule is O=C(O)c1cnc(OCC2CC2)c(N2CCCCC2)n1. The Labute approximate surface area is 117 Å². The van der Waals surface area contributed by atoms with Crippen molar-refractivity contribution >= 4 is 11.8 Å². The number of hydrogen-bond acceptors (Lipinski definition) is 5. The first kappa shape index (κ1) is 13.1. The lowest BCUT2D eigenvalue weighted by Crippen LogP contribution is -2.31. The summed E-state index contributed by atoms with van der Waals surface area (Å²) in [6.07, 6.45) is 7.10. The summed E-state index contributed by atoms with van der Waals surface area (Å²) >= 11 is 0. The lowest BCUT2D eigenvalue weighted by Gasteiger charge is -2.28. The van der Waals surface area contributed by atoms with E-state index in [1.807, 2.05) is 0 Å². The van der Waals surface area contributed by atoms with Gasteiger partial charge in [0.05, 0.1) is 12.8 Å². The van der Waals surface area contributed by atoms with Crippen LogP contribution in [0.1, 0.15) is 42.6 Å². The van der Waals surface area contributed by atoms with E-state index in [1.165, 1.54) is 25.5 Å². The zero-order valence-electron chi connectivity index (χ0n) is 11.4. The van der Waals surface area contributed by atoms with Crippen LogP contribution >= 0.6 is 0 Å². The van der Waals surface area contributed by atoms with Crippen LogP contribution in [0.4, 0.5) is 5.82 Å². The molecule has 108 valence electrons. The molecule has 0 radical (unpaired) electrons. The topological polar surface area (TPSA) is 75.6 Å². The van der Waals surface area contributed by atoms with Gasteiger partial charge in [0.25, 0.3) is 5.88 Å². The molecule has 3 rings (SSSR count). The van der Waals surface area contributed by atoms with Crippen molar-refractivity contribution in [1.29, 1.82) is 0 Å². The van der Waals surface area contributed by atoms with Crippen LogP contribution in [0.15, 0.2) is 6.20 Å². The van der Waals surface area contributed by atoms with Gasteiger partial charge in [-0.2, -0.15) is 0 Å². The molecule has 0 unspecified atom stereocenters. The molecular weight excluding hydrogens is 258 g/mol. The average molecular weight is 277 g/mol. The summed E-state index contributed by atoms with van der Waals surface area (Å²) in [6, 6.07) is 0. The van der Waals surface area contributed by atoms with E-state index in [0.717, 1.165) is 25.9 Å². The molecule has 0 amide bonds. The second-order valence-corrected chi connectivity index (χ2v) is 5.49. The predicted octanol–water partition coefficient (Wildman–Crippen LogP) is 1.95. The van der Waals surface area contributed by atoms with Crippen molar-refractivity contribution in [3.63, 3.8) is 0 Å². The van der Waals surface area contributed by atoms with Gasteiger partial charge in [-0.1, -0.05) is 0 Å². The first-order chi connectivity index (χ1) is 9.74. The summed E-state index contributed by atoms with van der Waals surface area (Å²) in [4.78, 5) is 21.6. The van der Waals surface area contributed by atoms with Crippen molar-refractivity contribution in [1.82, 2.24) is 9.97 Å². The number of aromatic carboxylic acids is 1. The molecule has 1 saturated heterocycles. The summed E-state index contributed by atoms with van der Waals surface area (Å²) in [5.74, 6) is 0.642. The summed E-state index contributed by atoms with van der Waals surface area (Å²) in [6.45, 7) is 2.43. The number of piperidine rings is 1. The Hall–Kier alpha value is -1.85. The molecule has 2 heterocycles. The van der Waals surface area contributed by atoms with Gasteiger partial charge >= 0.3 is 5.97 Å². The van der Waals surface area contributed by atoms with Gasteiger partial charge in [-0.15, -0.1) is 0 Å². The molecule has 2 aliphatic rings. The fourth-order valence-electron chi connectivity index (χ4n) is 2.37. The van der Waals surface area contributed by atoms with Crippen LogP contribution in [0.5, 0.6) is 5.88 Å². The van der Waals surface area contributed by atoms with Crippen molar-refractivity contribution in [3.8, 4) is 5.88 Å². The Kier molecular flexibility index (Phi) is 3.71. The van der Waals surface area contributed by atoms with Crippen molar-refractivity contribution < 1.29 is 14.6 Å². The van der Waals surface area contributed by atoms with Crippen LogP contribution in [-0.2, 0) is 0 Å². The highest BCUT2D eigenvalue weighted by Gasteiger charge is 2.25. The molecule has 6 heteroatoms. The summed E-state index contributed by atoms with van der Waals surface area (Å²) in [7, 11) is 0. The lowest BCUT2D eigenvalue weighted by molar-refractivity contribution is 0.0690.